The van der Waals surface area contributed by atoms with E-state index in [9.17, 15) is 25.2 Å². The molecule has 0 saturated carbocycles. The van der Waals surface area contributed by atoms with E-state index in [-0.39, 0.29) is 0 Å². The standard InChI is InChI=1S/C9H19N3O8/c10-12(11)5-3(14)1-9(19,8(17)18)20-7(5)6(16)4(15)2-13/h3-7,13-16,19H,1-2,10-11H2,(H,17,18)/t3-,4+,5+,6+,7+,9?/m0/s1. The Morgan fingerprint density at radius 2 is 2.00 bits per heavy atom. The number of nitrogens with zero attached hydrogens (tertiary/aromatic N) is 1. The Balaban J connectivity index is 3.07. The first-order valence-corrected chi connectivity index (χ1v) is 5.71. The fourth-order valence-corrected chi connectivity index (χ4v) is 2.07. The molecule has 0 aromatic carbocycles. The molecule has 11 nitrogen and oxygen atoms in total. The average Bonchev–Trinajstić information content (AvgIpc) is 2.35. The van der Waals surface area contributed by atoms with Crippen molar-refractivity contribution in [3.8, 4) is 0 Å². The van der Waals surface area contributed by atoms with Gasteiger partial charge in [0, 0.05) is 6.42 Å². The lowest BCUT2D eigenvalue weighted by Gasteiger charge is -2.46. The first-order chi connectivity index (χ1) is 9.14. The number of hydrogen-bond donors (Lipinski definition) is 8. The van der Waals surface area contributed by atoms with Crippen LogP contribution in [-0.4, -0.2) is 84.6 Å². The number of hydrazine groups is 2. The van der Waals surface area contributed by atoms with Crippen LogP contribution in [0, 0.1) is 0 Å². The van der Waals surface area contributed by atoms with E-state index in [4.69, 9.17) is 26.6 Å². The molecular weight excluding hydrogens is 278 g/mol. The minimum absolute atomic E-state index is 0.476. The molecule has 0 aliphatic carbocycles. The molecule has 6 atom stereocenters. The number of aliphatic hydroxyl groups is 5. The van der Waals surface area contributed by atoms with Gasteiger partial charge < -0.3 is 35.4 Å². The molecule has 1 fully saturated rings. The van der Waals surface area contributed by atoms with E-state index in [1.807, 2.05) is 0 Å². The Hall–Kier alpha value is -0.890. The van der Waals surface area contributed by atoms with Gasteiger partial charge in [-0.05, 0) is 0 Å². The Kier molecular flexibility index (Phi) is 5.37. The molecule has 0 bridgehead atoms. The molecule has 1 unspecified atom stereocenters. The van der Waals surface area contributed by atoms with Crippen LogP contribution in [0.25, 0.3) is 0 Å². The number of carboxylic acids is 1. The zero-order chi connectivity index (χ0) is 15.7. The molecule has 0 aromatic heterocycles. The summed E-state index contributed by atoms with van der Waals surface area (Å²) < 4.78 is 4.84. The van der Waals surface area contributed by atoms with E-state index in [1.54, 1.807) is 0 Å². The molecule has 1 aliphatic rings. The minimum atomic E-state index is -2.77. The number of nitrogens with two attached hydrogens (primary N) is 2. The third kappa shape index (κ3) is 3.22. The Morgan fingerprint density at radius 3 is 2.40 bits per heavy atom. The van der Waals surface area contributed by atoms with Crippen LogP contribution in [0.15, 0.2) is 0 Å². The number of aliphatic carboxylic acids is 1. The van der Waals surface area contributed by atoms with Crippen molar-refractivity contribution in [2.75, 3.05) is 6.61 Å². The number of carboxylic acid groups (broad SMARTS) is 1. The van der Waals surface area contributed by atoms with Crippen molar-refractivity contribution >= 4 is 5.97 Å². The molecule has 10 N–H and O–H groups in total. The molecule has 1 aliphatic heterocycles. The Labute approximate surface area is 113 Å². The third-order valence-electron chi connectivity index (χ3n) is 3.14. The molecule has 0 aromatic rings. The van der Waals surface area contributed by atoms with Gasteiger partial charge in [0.2, 0.25) is 0 Å². The predicted molar refractivity (Wildman–Crippen MR) is 61.2 cm³/mol. The summed E-state index contributed by atoms with van der Waals surface area (Å²) >= 11 is 0. The van der Waals surface area contributed by atoms with Gasteiger partial charge in [0.15, 0.2) is 0 Å². The zero-order valence-electron chi connectivity index (χ0n) is 10.4. The summed E-state index contributed by atoms with van der Waals surface area (Å²) in [7, 11) is 0. The van der Waals surface area contributed by atoms with Crippen LogP contribution in [0.5, 0.6) is 0 Å². The van der Waals surface area contributed by atoms with Crippen molar-refractivity contribution in [2.24, 2.45) is 11.7 Å². The van der Waals surface area contributed by atoms with Crippen molar-refractivity contribution in [3.63, 3.8) is 0 Å². The normalized spacial score (nSPS) is 37.7. The lowest BCUT2D eigenvalue weighted by Crippen LogP contribution is -2.69. The van der Waals surface area contributed by atoms with Gasteiger partial charge in [-0.1, -0.05) is 0 Å². The van der Waals surface area contributed by atoms with E-state index in [0.29, 0.717) is 5.12 Å². The maximum absolute atomic E-state index is 11.0. The molecule has 11 heteroatoms. The van der Waals surface area contributed by atoms with Crippen LogP contribution in [-0.2, 0) is 9.53 Å². The minimum Gasteiger partial charge on any atom is -0.477 e. The van der Waals surface area contributed by atoms with E-state index < -0.39 is 55.2 Å². The molecule has 20 heavy (non-hydrogen) atoms. The highest BCUT2D eigenvalue weighted by Gasteiger charge is 2.54. The molecule has 0 radical (unpaired) electrons. The molecule has 1 saturated heterocycles. The monoisotopic (exact) mass is 297 g/mol. The van der Waals surface area contributed by atoms with Crippen molar-refractivity contribution in [1.29, 1.82) is 0 Å². The summed E-state index contributed by atoms with van der Waals surface area (Å²) in [6.07, 6.45) is -7.47. The van der Waals surface area contributed by atoms with Crippen molar-refractivity contribution in [2.45, 2.75) is 42.7 Å². The van der Waals surface area contributed by atoms with Crippen LogP contribution in [0.1, 0.15) is 6.42 Å². The van der Waals surface area contributed by atoms with E-state index in [1.165, 1.54) is 0 Å². The quantitative estimate of drug-likeness (QED) is 0.178. The maximum Gasteiger partial charge on any atom is 0.364 e. The van der Waals surface area contributed by atoms with Crippen molar-refractivity contribution in [3.05, 3.63) is 0 Å². The van der Waals surface area contributed by atoms with E-state index in [2.05, 4.69) is 0 Å². The summed E-state index contributed by atoms with van der Waals surface area (Å²) in [5, 5.41) is 56.9. The second-order valence-corrected chi connectivity index (χ2v) is 4.62. The van der Waals surface area contributed by atoms with Gasteiger partial charge in [-0.15, -0.1) is 0 Å². The van der Waals surface area contributed by atoms with Crippen LogP contribution in [0.2, 0.25) is 0 Å². The van der Waals surface area contributed by atoms with Crippen LogP contribution in [0.3, 0.4) is 0 Å². The molecule has 0 amide bonds. The van der Waals surface area contributed by atoms with Gasteiger partial charge in [-0.3, -0.25) is 11.7 Å². The highest BCUT2D eigenvalue weighted by atomic mass is 16.7. The summed E-state index contributed by atoms with van der Waals surface area (Å²) in [5.41, 5.74) is 0. The van der Waals surface area contributed by atoms with Gasteiger partial charge in [-0.2, -0.15) is 5.12 Å². The second-order valence-electron chi connectivity index (χ2n) is 4.62. The number of aliphatic hydroxyl groups excluding tert-OH is 4. The van der Waals surface area contributed by atoms with Crippen molar-refractivity contribution < 1.29 is 40.2 Å². The average molecular weight is 297 g/mol. The third-order valence-corrected chi connectivity index (χ3v) is 3.14. The summed E-state index contributed by atoms with van der Waals surface area (Å²) in [5.74, 6) is 6.00. The molecule has 0 spiro atoms. The largest absolute Gasteiger partial charge is 0.477 e. The SMILES string of the molecule is NN(N)[C@H]1[C@H]([C@H](O)[C@H](O)CO)OC(O)(C(=O)O)C[C@@H]1O. The van der Waals surface area contributed by atoms with E-state index in [0.717, 1.165) is 0 Å². The highest BCUT2D eigenvalue weighted by molar-refractivity contribution is 5.75. The lowest BCUT2D eigenvalue weighted by atomic mass is 9.89. The predicted octanol–water partition coefficient (Wildman–Crippen LogP) is -4.96. The summed E-state index contributed by atoms with van der Waals surface area (Å²) in [6, 6.07) is -1.30. The van der Waals surface area contributed by atoms with Gasteiger partial charge >= 0.3 is 5.97 Å². The van der Waals surface area contributed by atoms with Crippen LogP contribution >= 0.6 is 0 Å². The Morgan fingerprint density at radius 1 is 1.45 bits per heavy atom. The first-order valence-electron chi connectivity index (χ1n) is 5.71. The molecular formula is C9H19N3O8. The van der Waals surface area contributed by atoms with Crippen molar-refractivity contribution in [1.82, 2.24) is 5.12 Å². The molecule has 118 valence electrons. The van der Waals surface area contributed by atoms with Gasteiger partial charge in [0.05, 0.1) is 18.8 Å². The molecule has 1 rings (SSSR count). The topological polar surface area (TPSA) is 203 Å². The van der Waals surface area contributed by atoms with Gasteiger partial charge in [0.25, 0.3) is 5.79 Å². The highest BCUT2D eigenvalue weighted by Crippen LogP contribution is 2.31. The number of ether oxygens (including phenoxy) is 1. The van der Waals surface area contributed by atoms with Gasteiger partial charge in [-0.25, -0.2) is 4.79 Å². The lowest BCUT2D eigenvalue weighted by molar-refractivity contribution is -0.305. The number of hydrogen-bond acceptors (Lipinski definition) is 10. The second kappa shape index (κ2) is 6.26. The molecule has 1 heterocycles. The smallest absolute Gasteiger partial charge is 0.364 e. The van der Waals surface area contributed by atoms with Crippen LogP contribution < -0.4 is 11.7 Å². The fraction of sp³-hybridized carbons (Fsp3) is 0.889. The summed E-state index contributed by atoms with van der Waals surface area (Å²) in [4.78, 5) is 11.0. The Bertz CT molecular complexity index is 356. The fourth-order valence-electron chi connectivity index (χ4n) is 2.07. The summed E-state index contributed by atoms with van der Waals surface area (Å²) in [6.45, 7) is -0.857. The number of rotatable bonds is 5. The van der Waals surface area contributed by atoms with Crippen LogP contribution in [0.4, 0.5) is 0 Å². The zero-order valence-corrected chi connectivity index (χ0v) is 10.4. The number of carbonyl (C=O) groups is 1. The maximum atomic E-state index is 11.0. The first kappa shape index (κ1) is 17.2. The van der Waals surface area contributed by atoms with Gasteiger partial charge in [0.1, 0.15) is 18.3 Å². The van der Waals surface area contributed by atoms with E-state index >= 15 is 0 Å².